The van der Waals surface area contributed by atoms with E-state index in [-0.39, 0.29) is 11.5 Å². The minimum absolute atomic E-state index is 0.0534. The van der Waals surface area contributed by atoms with Gasteiger partial charge in [0, 0.05) is 0 Å². The van der Waals surface area contributed by atoms with Gasteiger partial charge in [-0.25, -0.2) is 0 Å². The van der Waals surface area contributed by atoms with E-state index >= 15 is 0 Å². The van der Waals surface area contributed by atoms with E-state index in [1.54, 1.807) is 0 Å². The molecule has 4 rings (SSSR count). The summed E-state index contributed by atoms with van der Waals surface area (Å²) in [6.45, 7) is 21.4. The molecule has 2 saturated carbocycles. The van der Waals surface area contributed by atoms with E-state index < -0.39 is 0 Å². The number of aliphatic hydroxyl groups is 1. The van der Waals surface area contributed by atoms with Gasteiger partial charge in [0.05, 0.1) is 6.10 Å². The molecule has 0 aromatic carbocycles. The van der Waals surface area contributed by atoms with Gasteiger partial charge in [0.15, 0.2) is 0 Å². The van der Waals surface area contributed by atoms with E-state index in [1.807, 2.05) is 11.1 Å². The van der Waals surface area contributed by atoms with Gasteiger partial charge in [-0.15, -0.1) is 0 Å². The van der Waals surface area contributed by atoms with Crippen molar-refractivity contribution in [3.8, 4) is 0 Å². The monoisotopic (exact) mass is 426 g/mol. The molecule has 0 amide bonds. The Balaban J connectivity index is 1.56. The maximum Gasteiger partial charge on any atom is 0.0594 e. The predicted octanol–water partition coefficient (Wildman–Crippen LogP) is 8.34. The fourth-order valence-corrected chi connectivity index (χ4v) is 9.16. The molecule has 4 aliphatic carbocycles. The molecule has 0 saturated heterocycles. The van der Waals surface area contributed by atoms with Crippen molar-refractivity contribution in [2.24, 2.45) is 45.8 Å². The van der Waals surface area contributed by atoms with E-state index in [1.165, 1.54) is 63.4 Å². The lowest BCUT2D eigenvalue weighted by molar-refractivity contribution is -0.0931. The lowest BCUT2D eigenvalue weighted by atomic mass is 9.46. The zero-order valence-electron chi connectivity index (χ0n) is 21.7. The molecule has 7 atom stereocenters. The summed E-state index contributed by atoms with van der Waals surface area (Å²) in [6.07, 6.45) is 12.7. The smallest absolute Gasteiger partial charge is 0.0594 e. The second kappa shape index (κ2) is 8.03. The fraction of sp³-hybridized carbons (Fsp3) is 0.867. The fourth-order valence-electron chi connectivity index (χ4n) is 9.16. The quantitative estimate of drug-likeness (QED) is 0.438. The molecule has 0 spiro atoms. The van der Waals surface area contributed by atoms with Crippen molar-refractivity contribution in [3.63, 3.8) is 0 Å². The lowest BCUT2D eigenvalue weighted by Gasteiger charge is -2.60. The van der Waals surface area contributed by atoms with E-state index in [0.29, 0.717) is 22.7 Å². The summed E-state index contributed by atoms with van der Waals surface area (Å²) in [5.74, 6) is 3.77. The van der Waals surface area contributed by atoms with Crippen LogP contribution >= 0.6 is 0 Å². The van der Waals surface area contributed by atoms with Crippen molar-refractivity contribution >= 4 is 0 Å². The molecular formula is C30H50O. The van der Waals surface area contributed by atoms with Crippen LogP contribution in [0.5, 0.6) is 0 Å². The first kappa shape index (κ1) is 23.6. The average molecular weight is 427 g/mol. The molecule has 1 heteroatoms. The van der Waals surface area contributed by atoms with Crippen LogP contribution in [0.4, 0.5) is 0 Å². The van der Waals surface area contributed by atoms with Gasteiger partial charge in [0.1, 0.15) is 0 Å². The summed E-state index contributed by atoms with van der Waals surface area (Å²) < 4.78 is 0. The molecule has 0 aliphatic heterocycles. The van der Waals surface area contributed by atoms with Gasteiger partial charge in [0.2, 0.25) is 0 Å². The van der Waals surface area contributed by atoms with Crippen molar-refractivity contribution in [3.05, 3.63) is 23.3 Å². The van der Waals surface area contributed by atoms with Gasteiger partial charge in [-0.05, 0) is 110 Å². The summed E-state index contributed by atoms with van der Waals surface area (Å²) >= 11 is 0. The van der Waals surface area contributed by atoms with Crippen molar-refractivity contribution in [2.75, 3.05) is 0 Å². The largest absolute Gasteiger partial charge is 0.393 e. The lowest BCUT2D eigenvalue weighted by Crippen LogP contribution is -2.53. The highest BCUT2D eigenvalue weighted by Gasteiger charge is 2.59. The normalized spacial score (nSPS) is 42.7. The molecule has 176 valence electrons. The van der Waals surface area contributed by atoms with Gasteiger partial charge in [-0.3, -0.25) is 0 Å². The van der Waals surface area contributed by atoms with Crippen molar-refractivity contribution < 1.29 is 5.11 Å². The van der Waals surface area contributed by atoms with E-state index in [9.17, 15) is 5.11 Å². The zero-order chi connectivity index (χ0) is 22.8. The zero-order valence-corrected chi connectivity index (χ0v) is 21.7. The van der Waals surface area contributed by atoms with Crippen LogP contribution in [0.3, 0.4) is 0 Å². The Morgan fingerprint density at radius 1 is 1.00 bits per heavy atom. The van der Waals surface area contributed by atoms with Crippen LogP contribution < -0.4 is 0 Å². The summed E-state index contributed by atoms with van der Waals surface area (Å²) in [5.41, 5.74) is 6.07. The highest BCUT2D eigenvalue weighted by atomic mass is 16.3. The number of rotatable bonds is 5. The molecule has 0 bridgehead atoms. The third-order valence-electron chi connectivity index (χ3n) is 11.4. The Bertz CT molecular complexity index is 742. The molecular weight excluding hydrogens is 376 g/mol. The van der Waals surface area contributed by atoms with Crippen molar-refractivity contribution in [1.82, 2.24) is 0 Å². The molecule has 31 heavy (non-hydrogen) atoms. The summed E-state index contributed by atoms with van der Waals surface area (Å²) in [7, 11) is 0. The molecule has 1 N–H and O–H groups in total. The van der Waals surface area contributed by atoms with Gasteiger partial charge < -0.3 is 5.11 Å². The maximum atomic E-state index is 10.8. The van der Waals surface area contributed by atoms with Crippen LogP contribution in [0.25, 0.3) is 0 Å². The average Bonchev–Trinajstić information content (AvgIpc) is 3.06. The Morgan fingerprint density at radius 2 is 1.71 bits per heavy atom. The van der Waals surface area contributed by atoms with Crippen LogP contribution in [0.1, 0.15) is 113 Å². The third kappa shape index (κ3) is 3.60. The molecule has 0 aromatic rings. The summed E-state index contributed by atoms with van der Waals surface area (Å²) in [5, 5.41) is 10.8. The number of allylic oxidation sites excluding steroid dienone is 3. The number of fused-ring (bicyclic) bond motifs is 4. The standard InChI is InChI=1S/C30H50O/c1-19(2)20(3)9-10-21(4)23-12-13-24-22-11-14-26-28(5,6)27(31)16-18-30(26,8)25(22)15-17-29(23,24)7/h19,21,23-24,26-27,31H,3,9-18H2,1-2,4-8H3/t21-,23-,24?,26+,27+,29-,30-/m1/s1. The highest BCUT2D eigenvalue weighted by Crippen LogP contribution is 2.68. The SMILES string of the molecule is C=C(CC[C@@H](C)[C@H]1CCC2C3=C(CC[C@@]21C)[C@@]1(C)CC[C@H](O)C(C)(C)[C@@H]1CC3)C(C)C. The Kier molecular flexibility index (Phi) is 6.11. The molecule has 1 unspecified atom stereocenters. The van der Waals surface area contributed by atoms with Crippen LogP contribution in [-0.2, 0) is 0 Å². The topological polar surface area (TPSA) is 20.2 Å². The molecule has 0 aromatic heterocycles. The van der Waals surface area contributed by atoms with Crippen LogP contribution in [0.15, 0.2) is 23.3 Å². The minimum atomic E-state index is -0.126. The van der Waals surface area contributed by atoms with Gasteiger partial charge >= 0.3 is 0 Å². The Hall–Kier alpha value is -0.560. The number of aliphatic hydroxyl groups excluding tert-OH is 1. The van der Waals surface area contributed by atoms with E-state index in [2.05, 4.69) is 55.0 Å². The maximum absolute atomic E-state index is 10.8. The van der Waals surface area contributed by atoms with Crippen LogP contribution in [0, 0.1) is 45.8 Å². The highest BCUT2D eigenvalue weighted by molar-refractivity contribution is 5.35. The molecule has 0 heterocycles. The van der Waals surface area contributed by atoms with E-state index in [4.69, 9.17) is 0 Å². The predicted molar refractivity (Wildman–Crippen MR) is 133 cm³/mol. The first-order chi connectivity index (χ1) is 14.4. The minimum Gasteiger partial charge on any atom is -0.393 e. The Morgan fingerprint density at radius 3 is 2.39 bits per heavy atom. The van der Waals surface area contributed by atoms with Crippen LogP contribution in [0.2, 0.25) is 0 Å². The summed E-state index contributed by atoms with van der Waals surface area (Å²) in [6, 6.07) is 0. The number of hydrogen-bond acceptors (Lipinski definition) is 1. The second-order valence-electron chi connectivity index (χ2n) is 13.5. The Labute approximate surface area is 193 Å². The third-order valence-corrected chi connectivity index (χ3v) is 11.4. The van der Waals surface area contributed by atoms with E-state index in [0.717, 1.165) is 24.2 Å². The molecule has 2 fully saturated rings. The van der Waals surface area contributed by atoms with Crippen molar-refractivity contribution in [1.29, 1.82) is 0 Å². The molecule has 4 aliphatic rings. The van der Waals surface area contributed by atoms with Gasteiger partial charge in [-0.2, -0.15) is 0 Å². The first-order valence-electron chi connectivity index (χ1n) is 13.5. The second-order valence-corrected chi connectivity index (χ2v) is 13.5. The first-order valence-corrected chi connectivity index (χ1v) is 13.5. The van der Waals surface area contributed by atoms with Crippen LogP contribution in [-0.4, -0.2) is 11.2 Å². The van der Waals surface area contributed by atoms with Gasteiger partial charge in [-0.1, -0.05) is 71.8 Å². The molecule has 1 nitrogen and oxygen atoms in total. The van der Waals surface area contributed by atoms with Crippen molar-refractivity contribution in [2.45, 2.75) is 119 Å². The van der Waals surface area contributed by atoms with Gasteiger partial charge in [0.25, 0.3) is 0 Å². The number of hydrogen-bond donors (Lipinski definition) is 1. The molecule has 0 radical (unpaired) electrons. The summed E-state index contributed by atoms with van der Waals surface area (Å²) in [4.78, 5) is 0.